The van der Waals surface area contributed by atoms with E-state index in [1.165, 1.54) is 0 Å². The van der Waals surface area contributed by atoms with Crippen molar-refractivity contribution in [2.24, 2.45) is 11.8 Å². The number of ether oxygens (including phenoxy) is 1. The maximum Gasteiger partial charge on any atom is 0.273 e. The fraction of sp³-hybridized carbons (Fsp3) is 0.409. The van der Waals surface area contributed by atoms with Crippen LogP contribution in [0.1, 0.15) is 42.8 Å². The van der Waals surface area contributed by atoms with Crippen LogP contribution in [0.15, 0.2) is 45.5 Å². The molecule has 0 radical (unpaired) electrons. The van der Waals surface area contributed by atoms with Gasteiger partial charge in [0.05, 0.1) is 30.9 Å². The first kappa shape index (κ1) is 22.9. The lowest BCUT2D eigenvalue weighted by Crippen LogP contribution is -2.45. The molecular weight excluding hydrogens is 466 g/mol. The Balaban J connectivity index is 1.55. The number of hydrogen-bond acceptors (Lipinski definition) is 5. The Kier molecular flexibility index (Phi) is 7.73. The fourth-order valence-corrected chi connectivity index (χ4v) is 3.55. The van der Waals surface area contributed by atoms with Crippen molar-refractivity contribution in [2.75, 3.05) is 13.2 Å². The first-order valence-electron chi connectivity index (χ1n) is 10.2. The van der Waals surface area contributed by atoms with E-state index in [1.54, 1.807) is 41.5 Å². The molecule has 2 N–H and O–H groups in total. The summed E-state index contributed by atoms with van der Waals surface area (Å²) in [5, 5.41) is 0. The zero-order chi connectivity index (χ0) is 22.4. The maximum absolute atomic E-state index is 12.7. The molecule has 0 bridgehead atoms. The van der Waals surface area contributed by atoms with E-state index in [2.05, 4.69) is 40.6 Å². The van der Waals surface area contributed by atoms with Crippen molar-refractivity contribution >= 4 is 33.7 Å². The number of rotatable bonds is 8. The highest BCUT2D eigenvalue weighted by molar-refractivity contribution is 9.10. The molecule has 1 saturated heterocycles. The average Bonchev–Trinajstić information content (AvgIpc) is 3.37. The Bertz CT molecular complexity index is 929. The van der Waals surface area contributed by atoms with Gasteiger partial charge in [0.25, 0.3) is 5.91 Å². The van der Waals surface area contributed by atoms with Crippen molar-refractivity contribution in [1.82, 2.24) is 15.8 Å². The molecule has 0 aliphatic carbocycles. The lowest BCUT2D eigenvalue weighted by atomic mass is 10.1. The molecule has 1 aromatic carbocycles. The predicted octanol–water partition coefficient (Wildman–Crippen LogP) is 3.28. The van der Waals surface area contributed by atoms with Crippen molar-refractivity contribution in [3.8, 4) is 5.75 Å². The summed E-state index contributed by atoms with van der Waals surface area (Å²) in [6, 6.07) is 8.66. The molecule has 3 amide bonds. The van der Waals surface area contributed by atoms with Gasteiger partial charge in [-0.25, -0.2) is 0 Å². The van der Waals surface area contributed by atoms with Crippen LogP contribution in [0.2, 0.25) is 0 Å². The first-order chi connectivity index (χ1) is 14.8. The molecule has 0 spiro atoms. The SMILES string of the molecule is CC(C)CCOc1ccc(Br)cc1C(=O)NNC(=O)C1CC(=O)N(Cc2ccco2)C1. The van der Waals surface area contributed by atoms with Crippen molar-refractivity contribution < 1.29 is 23.5 Å². The third-order valence-corrected chi connectivity index (χ3v) is 5.44. The molecule has 8 nitrogen and oxygen atoms in total. The molecule has 9 heteroatoms. The Morgan fingerprint density at radius 3 is 2.81 bits per heavy atom. The summed E-state index contributed by atoms with van der Waals surface area (Å²) in [5.41, 5.74) is 5.17. The topological polar surface area (TPSA) is 101 Å². The Morgan fingerprint density at radius 2 is 2.10 bits per heavy atom. The first-order valence-corrected chi connectivity index (χ1v) is 11.0. The van der Waals surface area contributed by atoms with Crippen LogP contribution in [0.3, 0.4) is 0 Å². The monoisotopic (exact) mass is 491 g/mol. The van der Waals surface area contributed by atoms with E-state index in [0.29, 0.717) is 36.1 Å². The number of carbonyl (C=O) groups excluding carboxylic acids is 3. The van der Waals surface area contributed by atoms with Crippen LogP contribution >= 0.6 is 15.9 Å². The lowest BCUT2D eigenvalue weighted by Gasteiger charge is -2.16. The predicted molar refractivity (Wildman–Crippen MR) is 117 cm³/mol. The van der Waals surface area contributed by atoms with E-state index in [-0.39, 0.29) is 18.9 Å². The molecule has 166 valence electrons. The van der Waals surface area contributed by atoms with E-state index < -0.39 is 17.7 Å². The van der Waals surface area contributed by atoms with Gasteiger partial charge in [0.2, 0.25) is 11.8 Å². The van der Waals surface area contributed by atoms with E-state index in [4.69, 9.17) is 9.15 Å². The number of likely N-dealkylation sites (tertiary alicyclic amines) is 1. The van der Waals surface area contributed by atoms with Gasteiger partial charge in [0.15, 0.2) is 0 Å². The number of hydrogen-bond donors (Lipinski definition) is 2. The Morgan fingerprint density at radius 1 is 1.29 bits per heavy atom. The standard InChI is InChI=1S/C22H26BrN3O5/c1-14(2)7-9-31-19-6-5-16(23)11-18(19)22(29)25-24-21(28)15-10-20(27)26(12-15)13-17-4-3-8-30-17/h3-6,8,11,14-15H,7,9-10,12-13H2,1-2H3,(H,24,28)(H,25,29). The van der Waals surface area contributed by atoms with Crippen LogP contribution in [0.25, 0.3) is 0 Å². The number of halogens is 1. The number of furan rings is 1. The number of nitrogens with zero attached hydrogens (tertiary/aromatic N) is 1. The lowest BCUT2D eigenvalue weighted by molar-refractivity contribution is -0.129. The summed E-state index contributed by atoms with van der Waals surface area (Å²) in [7, 11) is 0. The smallest absolute Gasteiger partial charge is 0.273 e. The van der Waals surface area contributed by atoms with Crippen molar-refractivity contribution in [3.63, 3.8) is 0 Å². The van der Waals surface area contributed by atoms with Gasteiger partial charge >= 0.3 is 0 Å². The fourth-order valence-electron chi connectivity index (χ4n) is 3.19. The van der Waals surface area contributed by atoms with Gasteiger partial charge in [-0.2, -0.15) is 0 Å². The van der Waals surface area contributed by atoms with Crippen LogP contribution < -0.4 is 15.6 Å². The van der Waals surface area contributed by atoms with Gasteiger partial charge in [-0.3, -0.25) is 25.2 Å². The summed E-state index contributed by atoms with van der Waals surface area (Å²) < 4.78 is 11.7. The van der Waals surface area contributed by atoms with Crippen LogP contribution in [-0.4, -0.2) is 35.8 Å². The highest BCUT2D eigenvalue weighted by Crippen LogP contribution is 2.24. The van der Waals surface area contributed by atoms with Crippen molar-refractivity contribution in [1.29, 1.82) is 0 Å². The average molecular weight is 492 g/mol. The summed E-state index contributed by atoms with van der Waals surface area (Å²) in [4.78, 5) is 38.9. The third-order valence-electron chi connectivity index (χ3n) is 4.95. The highest BCUT2D eigenvalue weighted by atomic mass is 79.9. The Hall–Kier alpha value is -2.81. The zero-order valence-electron chi connectivity index (χ0n) is 17.5. The van der Waals surface area contributed by atoms with E-state index in [1.807, 2.05) is 0 Å². The maximum atomic E-state index is 12.7. The molecule has 1 aliphatic heterocycles. The normalized spacial score (nSPS) is 15.9. The van der Waals surface area contributed by atoms with Gasteiger partial charge in [-0.15, -0.1) is 0 Å². The van der Waals surface area contributed by atoms with Crippen LogP contribution in [-0.2, 0) is 16.1 Å². The number of amides is 3. The minimum absolute atomic E-state index is 0.0862. The third kappa shape index (κ3) is 6.33. The van der Waals surface area contributed by atoms with Crippen LogP contribution in [0.5, 0.6) is 5.75 Å². The molecule has 1 fully saturated rings. The van der Waals surface area contributed by atoms with Gasteiger partial charge < -0.3 is 14.1 Å². The number of carbonyl (C=O) groups is 3. The molecule has 1 unspecified atom stereocenters. The molecule has 2 heterocycles. The molecular formula is C22H26BrN3O5. The second kappa shape index (κ2) is 10.5. The van der Waals surface area contributed by atoms with E-state index >= 15 is 0 Å². The molecule has 31 heavy (non-hydrogen) atoms. The number of nitrogens with one attached hydrogen (secondary N) is 2. The molecule has 1 aliphatic rings. The molecule has 0 saturated carbocycles. The van der Waals surface area contributed by atoms with Crippen LogP contribution in [0.4, 0.5) is 0 Å². The summed E-state index contributed by atoms with van der Waals surface area (Å²) in [6.07, 6.45) is 2.49. The quantitative estimate of drug-likeness (QED) is 0.551. The van der Waals surface area contributed by atoms with Gasteiger partial charge in [-0.05, 0) is 42.7 Å². The minimum atomic E-state index is -0.549. The number of hydrazine groups is 1. The Labute approximate surface area is 189 Å². The van der Waals surface area contributed by atoms with Crippen molar-refractivity contribution in [2.45, 2.75) is 33.2 Å². The van der Waals surface area contributed by atoms with E-state index in [0.717, 1.165) is 10.9 Å². The van der Waals surface area contributed by atoms with Gasteiger partial charge in [-0.1, -0.05) is 29.8 Å². The van der Waals surface area contributed by atoms with Crippen molar-refractivity contribution in [3.05, 3.63) is 52.4 Å². The van der Waals surface area contributed by atoms with Gasteiger partial charge in [0, 0.05) is 17.4 Å². The summed E-state index contributed by atoms with van der Waals surface area (Å²) in [6.45, 7) is 5.26. The molecule has 1 aromatic heterocycles. The largest absolute Gasteiger partial charge is 0.493 e. The second-order valence-corrected chi connectivity index (χ2v) is 8.79. The molecule has 2 aromatic rings. The van der Waals surface area contributed by atoms with Gasteiger partial charge in [0.1, 0.15) is 11.5 Å². The summed E-state index contributed by atoms with van der Waals surface area (Å²) >= 11 is 3.35. The van der Waals surface area contributed by atoms with E-state index in [9.17, 15) is 14.4 Å². The second-order valence-electron chi connectivity index (χ2n) is 7.87. The zero-order valence-corrected chi connectivity index (χ0v) is 19.1. The highest BCUT2D eigenvalue weighted by Gasteiger charge is 2.34. The summed E-state index contributed by atoms with van der Waals surface area (Å²) in [5.74, 6) is -0.0123. The molecule has 3 rings (SSSR count). The molecule has 1 atom stereocenters. The minimum Gasteiger partial charge on any atom is -0.493 e. The van der Waals surface area contributed by atoms with Crippen LogP contribution in [0, 0.1) is 11.8 Å². The number of benzene rings is 1.